The summed E-state index contributed by atoms with van der Waals surface area (Å²) in [6.07, 6.45) is 3.35. The van der Waals surface area contributed by atoms with E-state index in [0.717, 1.165) is 5.56 Å². The van der Waals surface area contributed by atoms with Crippen LogP contribution in [0.5, 0.6) is 5.75 Å². The Morgan fingerprint density at radius 1 is 1.00 bits per heavy atom. The van der Waals surface area contributed by atoms with Gasteiger partial charge in [-0.3, -0.25) is 4.79 Å². The number of carbonyl (C=O) groups is 1. The van der Waals surface area contributed by atoms with Crippen molar-refractivity contribution in [3.05, 3.63) is 71.9 Å². The molecule has 0 spiro atoms. The molecule has 0 aliphatic heterocycles. The number of amides is 1. The van der Waals surface area contributed by atoms with E-state index in [1.54, 1.807) is 48.7 Å². The maximum atomic E-state index is 11.7. The maximum Gasteiger partial charge on any atom is 0.255 e. The number of hydrogen-bond donors (Lipinski definition) is 2. The molecule has 0 radical (unpaired) electrons. The van der Waals surface area contributed by atoms with Gasteiger partial charge in [0.1, 0.15) is 5.75 Å². The van der Waals surface area contributed by atoms with E-state index in [0.29, 0.717) is 5.56 Å². The van der Waals surface area contributed by atoms with Gasteiger partial charge in [-0.2, -0.15) is 0 Å². The topological polar surface area (TPSA) is 49.3 Å². The van der Waals surface area contributed by atoms with Crippen LogP contribution in [0.1, 0.15) is 15.9 Å². The summed E-state index contributed by atoms with van der Waals surface area (Å²) >= 11 is 0. The first-order chi connectivity index (χ1) is 8.75. The lowest BCUT2D eigenvalue weighted by Gasteiger charge is -1.99. The van der Waals surface area contributed by atoms with E-state index in [1.807, 2.05) is 18.2 Å². The normalized spacial score (nSPS) is 10.4. The van der Waals surface area contributed by atoms with E-state index in [9.17, 15) is 4.79 Å². The number of phenolic OH excluding ortho intramolecular Hbond substituents is 1. The van der Waals surface area contributed by atoms with Crippen LogP contribution >= 0.6 is 0 Å². The fraction of sp³-hybridized carbons (Fsp3) is 0. The minimum Gasteiger partial charge on any atom is -0.508 e. The predicted octanol–water partition coefficient (Wildman–Crippen LogP) is 2.79. The minimum absolute atomic E-state index is 0.148. The molecule has 0 fully saturated rings. The molecule has 2 N–H and O–H groups in total. The molecule has 2 aromatic carbocycles. The molecule has 0 heterocycles. The van der Waals surface area contributed by atoms with Gasteiger partial charge < -0.3 is 10.4 Å². The van der Waals surface area contributed by atoms with Gasteiger partial charge in [0.2, 0.25) is 0 Å². The summed E-state index contributed by atoms with van der Waals surface area (Å²) in [4.78, 5) is 11.7. The molecule has 90 valence electrons. The second-order valence-electron chi connectivity index (χ2n) is 3.76. The van der Waals surface area contributed by atoms with Gasteiger partial charge in [0.15, 0.2) is 0 Å². The Hall–Kier alpha value is -2.55. The zero-order valence-corrected chi connectivity index (χ0v) is 9.71. The third-order valence-corrected chi connectivity index (χ3v) is 2.42. The predicted molar refractivity (Wildman–Crippen MR) is 71.0 cm³/mol. The molecular weight excluding hydrogens is 226 g/mol. The van der Waals surface area contributed by atoms with E-state index < -0.39 is 0 Å². The van der Waals surface area contributed by atoms with Crippen LogP contribution in [-0.4, -0.2) is 11.0 Å². The van der Waals surface area contributed by atoms with E-state index in [-0.39, 0.29) is 11.7 Å². The number of carbonyl (C=O) groups excluding carboxylic acids is 1. The van der Waals surface area contributed by atoms with Crippen LogP contribution in [0.2, 0.25) is 0 Å². The third-order valence-electron chi connectivity index (χ3n) is 2.42. The van der Waals surface area contributed by atoms with Crippen molar-refractivity contribution >= 4 is 12.0 Å². The molecule has 0 saturated heterocycles. The molecule has 0 saturated carbocycles. The van der Waals surface area contributed by atoms with Crippen molar-refractivity contribution in [2.24, 2.45) is 0 Å². The highest BCUT2D eigenvalue weighted by Gasteiger charge is 2.00. The fourth-order valence-corrected chi connectivity index (χ4v) is 1.47. The quantitative estimate of drug-likeness (QED) is 0.865. The molecule has 2 rings (SSSR count). The van der Waals surface area contributed by atoms with Gasteiger partial charge in [-0.1, -0.05) is 30.3 Å². The average Bonchev–Trinajstić information content (AvgIpc) is 2.42. The van der Waals surface area contributed by atoms with E-state index in [2.05, 4.69) is 5.32 Å². The molecule has 0 atom stereocenters. The van der Waals surface area contributed by atoms with Crippen molar-refractivity contribution in [2.75, 3.05) is 0 Å². The van der Waals surface area contributed by atoms with Crippen molar-refractivity contribution in [1.82, 2.24) is 5.32 Å². The molecule has 0 bridgehead atoms. The van der Waals surface area contributed by atoms with Gasteiger partial charge in [0, 0.05) is 11.8 Å². The number of aromatic hydroxyl groups is 1. The Bertz CT molecular complexity index is 544. The van der Waals surface area contributed by atoms with Crippen molar-refractivity contribution < 1.29 is 9.90 Å². The van der Waals surface area contributed by atoms with Crippen molar-refractivity contribution in [3.8, 4) is 5.75 Å². The van der Waals surface area contributed by atoms with E-state index in [4.69, 9.17) is 5.11 Å². The van der Waals surface area contributed by atoms with Gasteiger partial charge >= 0.3 is 0 Å². The van der Waals surface area contributed by atoms with Crippen LogP contribution in [0.25, 0.3) is 6.08 Å². The molecule has 0 aliphatic carbocycles. The van der Waals surface area contributed by atoms with Crippen LogP contribution in [0.3, 0.4) is 0 Å². The Morgan fingerprint density at radius 2 is 1.67 bits per heavy atom. The molecule has 3 heteroatoms. The molecule has 0 aliphatic rings. The third kappa shape index (κ3) is 3.22. The average molecular weight is 239 g/mol. The number of benzene rings is 2. The van der Waals surface area contributed by atoms with Crippen LogP contribution in [0.4, 0.5) is 0 Å². The number of nitrogens with one attached hydrogen (secondary N) is 1. The van der Waals surface area contributed by atoms with E-state index in [1.165, 1.54) is 0 Å². The van der Waals surface area contributed by atoms with Gasteiger partial charge in [0.25, 0.3) is 5.91 Å². The largest absolute Gasteiger partial charge is 0.508 e. The summed E-state index contributed by atoms with van der Waals surface area (Å²) in [5, 5.41) is 11.8. The first-order valence-electron chi connectivity index (χ1n) is 5.57. The molecule has 2 aromatic rings. The summed E-state index contributed by atoms with van der Waals surface area (Å²) in [7, 11) is 0. The lowest BCUT2D eigenvalue weighted by Crippen LogP contribution is -2.16. The van der Waals surface area contributed by atoms with Crippen LogP contribution in [-0.2, 0) is 0 Å². The first-order valence-corrected chi connectivity index (χ1v) is 5.57. The lowest BCUT2D eigenvalue weighted by molar-refractivity contribution is 0.0970. The zero-order valence-electron chi connectivity index (χ0n) is 9.71. The lowest BCUT2D eigenvalue weighted by atomic mass is 10.2. The monoisotopic (exact) mass is 239 g/mol. The highest BCUT2D eigenvalue weighted by molar-refractivity contribution is 5.95. The van der Waals surface area contributed by atoms with Gasteiger partial charge in [-0.15, -0.1) is 0 Å². The maximum absolute atomic E-state index is 11.7. The van der Waals surface area contributed by atoms with Crippen molar-refractivity contribution in [2.45, 2.75) is 0 Å². The van der Waals surface area contributed by atoms with Crippen LogP contribution in [0, 0.1) is 0 Å². The fourth-order valence-electron chi connectivity index (χ4n) is 1.47. The second kappa shape index (κ2) is 5.68. The summed E-state index contributed by atoms with van der Waals surface area (Å²) in [5.74, 6) is 0.0751. The Kier molecular flexibility index (Phi) is 3.76. The standard InChI is InChI=1S/C15H13NO2/c17-14-8-6-12(7-9-14)10-11-16-15(18)13-4-2-1-3-5-13/h1-11,17H,(H,16,18). The van der Waals surface area contributed by atoms with E-state index >= 15 is 0 Å². The molecule has 18 heavy (non-hydrogen) atoms. The van der Waals surface area contributed by atoms with Crippen molar-refractivity contribution in [1.29, 1.82) is 0 Å². The highest BCUT2D eigenvalue weighted by Crippen LogP contribution is 2.10. The van der Waals surface area contributed by atoms with Gasteiger partial charge in [0.05, 0.1) is 0 Å². The number of phenols is 1. The van der Waals surface area contributed by atoms with Gasteiger partial charge in [-0.25, -0.2) is 0 Å². The summed E-state index contributed by atoms with van der Waals surface area (Å²) in [5.41, 5.74) is 1.52. The smallest absolute Gasteiger partial charge is 0.255 e. The Labute approximate surface area is 105 Å². The highest BCUT2D eigenvalue weighted by atomic mass is 16.3. The van der Waals surface area contributed by atoms with Crippen LogP contribution in [0.15, 0.2) is 60.8 Å². The molecule has 0 aromatic heterocycles. The SMILES string of the molecule is O=C(NC=Cc1ccc(O)cc1)c1ccccc1. The molecule has 0 unspecified atom stereocenters. The molecular formula is C15H13NO2. The summed E-state index contributed by atoms with van der Waals surface area (Å²) in [6, 6.07) is 15.7. The van der Waals surface area contributed by atoms with Crippen LogP contribution < -0.4 is 5.32 Å². The molecule has 1 amide bonds. The Morgan fingerprint density at radius 3 is 2.33 bits per heavy atom. The summed E-state index contributed by atoms with van der Waals surface area (Å²) in [6.45, 7) is 0. The van der Waals surface area contributed by atoms with Crippen molar-refractivity contribution in [3.63, 3.8) is 0 Å². The second-order valence-corrected chi connectivity index (χ2v) is 3.76. The zero-order chi connectivity index (χ0) is 12.8. The number of hydrogen-bond acceptors (Lipinski definition) is 2. The molecule has 3 nitrogen and oxygen atoms in total. The van der Waals surface area contributed by atoms with Gasteiger partial charge in [-0.05, 0) is 35.9 Å². The Balaban J connectivity index is 1.96. The first kappa shape index (κ1) is 11.9. The minimum atomic E-state index is -0.148. The number of rotatable bonds is 3. The summed E-state index contributed by atoms with van der Waals surface area (Å²) < 4.78 is 0.